The second-order valence-electron chi connectivity index (χ2n) is 5.56. The Balaban J connectivity index is 1.49. The highest BCUT2D eigenvalue weighted by Crippen LogP contribution is 2.20. The van der Waals surface area contributed by atoms with Gasteiger partial charge in [-0.05, 0) is 18.2 Å². The number of aromatic amines is 1. The predicted octanol–water partition coefficient (Wildman–Crippen LogP) is 0.796. The lowest BCUT2D eigenvalue weighted by atomic mass is 10.1. The van der Waals surface area contributed by atoms with E-state index in [9.17, 15) is 4.39 Å². The molecular formula is C14H18FN5. The molecule has 106 valence electrons. The Bertz CT molecular complexity index is 613. The van der Waals surface area contributed by atoms with Gasteiger partial charge < -0.3 is 15.2 Å². The lowest BCUT2D eigenvalue weighted by Gasteiger charge is -2.43. The molecule has 20 heavy (non-hydrogen) atoms. The molecule has 2 aliphatic heterocycles. The molecule has 2 aromatic rings. The fraction of sp³-hybridized carbons (Fsp3) is 0.500. The highest BCUT2D eigenvalue weighted by Gasteiger charge is 2.28. The van der Waals surface area contributed by atoms with Gasteiger partial charge in [-0.1, -0.05) is 0 Å². The number of hydrogen-bond acceptors (Lipinski definition) is 4. The van der Waals surface area contributed by atoms with Crippen LogP contribution in [0.5, 0.6) is 0 Å². The van der Waals surface area contributed by atoms with Crippen molar-refractivity contribution >= 4 is 17.0 Å². The van der Waals surface area contributed by atoms with Crippen molar-refractivity contribution < 1.29 is 4.39 Å². The monoisotopic (exact) mass is 275 g/mol. The maximum atomic E-state index is 13.2. The summed E-state index contributed by atoms with van der Waals surface area (Å²) < 4.78 is 13.2. The summed E-state index contributed by atoms with van der Waals surface area (Å²) in [5.74, 6) is 0.631. The van der Waals surface area contributed by atoms with Crippen molar-refractivity contribution in [3.05, 3.63) is 24.0 Å². The first-order valence-corrected chi connectivity index (χ1v) is 7.14. The topological polar surface area (TPSA) is 47.2 Å². The number of benzene rings is 1. The van der Waals surface area contributed by atoms with Gasteiger partial charge in [0.2, 0.25) is 5.95 Å². The van der Waals surface area contributed by atoms with E-state index < -0.39 is 0 Å². The number of halogens is 1. The van der Waals surface area contributed by atoms with Crippen LogP contribution in [0.2, 0.25) is 0 Å². The third kappa shape index (κ3) is 2.05. The molecular weight excluding hydrogens is 257 g/mol. The molecule has 6 heteroatoms. The molecule has 0 amide bonds. The van der Waals surface area contributed by atoms with E-state index >= 15 is 0 Å². The normalized spacial score (nSPS) is 21.4. The molecule has 2 aliphatic rings. The van der Waals surface area contributed by atoms with Crippen LogP contribution in [0.25, 0.3) is 11.0 Å². The summed E-state index contributed by atoms with van der Waals surface area (Å²) in [4.78, 5) is 12.6. The molecule has 1 aromatic heterocycles. The average Bonchev–Trinajstić information content (AvgIpc) is 2.80. The van der Waals surface area contributed by atoms with Gasteiger partial charge in [0.15, 0.2) is 0 Å². The molecule has 1 aromatic carbocycles. The lowest BCUT2D eigenvalue weighted by molar-refractivity contribution is 0.137. The molecule has 0 bridgehead atoms. The van der Waals surface area contributed by atoms with Crippen LogP contribution in [0.3, 0.4) is 0 Å². The second-order valence-corrected chi connectivity index (χ2v) is 5.56. The molecule has 0 atom stereocenters. The zero-order valence-corrected chi connectivity index (χ0v) is 11.3. The number of aromatic nitrogens is 2. The number of H-pyrrole nitrogens is 1. The zero-order chi connectivity index (χ0) is 13.5. The summed E-state index contributed by atoms with van der Waals surface area (Å²) in [6, 6.07) is 5.39. The van der Waals surface area contributed by atoms with Crippen molar-refractivity contribution in [3.8, 4) is 0 Å². The van der Waals surface area contributed by atoms with E-state index in [-0.39, 0.29) is 5.82 Å². The number of fused-ring (bicyclic) bond motifs is 1. The number of nitrogens with zero attached hydrogens (tertiary/aromatic N) is 3. The zero-order valence-electron chi connectivity index (χ0n) is 11.3. The summed E-state index contributed by atoms with van der Waals surface area (Å²) in [7, 11) is 0. The molecule has 2 saturated heterocycles. The maximum absolute atomic E-state index is 13.2. The van der Waals surface area contributed by atoms with Gasteiger partial charge in [-0.3, -0.25) is 4.90 Å². The second kappa shape index (κ2) is 4.71. The Labute approximate surface area is 116 Å². The van der Waals surface area contributed by atoms with E-state index in [1.165, 1.54) is 12.1 Å². The van der Waals surface area contributed by atoms with E-state index in [2.05, 4.69) is 25.1 Å². The first-order chi connectivity index (χ1) is 9.79. The quantitative estimate of drug-likeness (QED) is 0.851. The van der Waals surface area contributed by atoms with E-state index in [1.54, 1.807) is 6.07 Å². The number of nitrogens with one attached hydrogen (secondary N) is 2. The Hall–Kier alpha value is -1.66. The number of rotatable bonds is 2. The van der Waals surface area contributed by atoms with Crippen molar-refractivity contribution in [2.75, 3.05) is 44.2 Å². The van der Waals surface area contributed by atoms with E-state index in [0.29, 0.717) is 6.04 Å². The fourth-order valence-corrected chi connectivity index (χ4v) is 2.95. The van der Waals surface area contributed by atoms with Crippen LogP contribution in [0.4, 0.5) is 10.3 Å². The number of hydrogen-bond donors (Lipinski definition) is 2. The van der Waals surface area contributed by atoms with Crippen molar-refractivity contribution in [3.63, 3.8) is 0 Å². The minimum atomic E-state index is -0.227. The first-order valence-electron chi connectivity index (χ1n) is 7.14. The largest absolute Gasteiger partial charge is 0.340 e. The van der Waals surface area contributed by atoms with E-state index in [4.69, 9.17) is 0 Å². The van der Waals surface area contributed by atoms with Crippen molar-refractivity contribution in [1.82, 2.24) is 20.2 Å². The van der Waals surface area contributed by atoms with Crippen LogP contribution in [0.1, 0.15) is 0 Å². The summed E-state index contributed by atoms with van der Waals surface area (Å²) in [6.07, 6.45) is 0. The summed E-state index contributed by atoms with van der Waals surface area (Å²) in [5.41, 5.74) is 1.60. The molecule has 0 saturated carbocycles. The SMILES string of the molecule is Fc1ccc2nc(N3CCN(C4CNC4)CC3)[nH]c2c1. The minimum absolute atomic E-state index is 0.227. The van der Waals surface area contributed by atoms with Crippen LogP contribution < -0.4 is 10.2 Å². The van der Waals surface area contributed by atoms with E-state index in [0.717, 1.165) is 56.3 Å². The Morgan fingerprint density at radius 1 is 1.15 bits per heavy atom. The lowest BCUT2D eigenvalue weighted by Crippen LogP contribution is -2.61. The summed E-state index contributed by atoms with van der Waals surface area (Å²) in [6.45, 7) is 6.31. The molecule has 2 N–H and O–H groups in total. The Morgan fingerprint density at radius 3 is 2.65 bits per heavy atom. The van der Waals surface area contributed by atoms with Gasteiger partial charge in [-0.25, -0.2) is 9.37 Å². The molecule has 0 aliphatic carbocycles. The maximum Gasteiger partial charge on any atom is 0.203 e. The smallest absolute Gasteiger partial charge is 0.203 e. The molecule has 0 unspecified atom stereocenters. The number of anilines is 1. The number of imidazole rings is 1. The van der Waals surface area contributed by atoms with Crippen LogP contribution in [0, 0.1) is 5.82 Å². The fourth-order valence-electron chi connectivity index (χ4n) is 2.95. The highest BCUT2D eigenvalue weighted by molar-refractivity contribution is 5.77. The van der Waals surface area contributed by atoms with Gasteiger partial charge in [-0.2, -0.15) is 0 Å². The molecule has 2 fully saturated rings. The van der Waals surface area contributed by atoms with Crippen LogP contribution >= 0.6 is 0 Å². The Kier molecular flexibility index (Phi) is 2.85. The first kappa shape index (κ1) is 12.1. The third-order valence-corrected chi connectivity index (χ3v) is 4.32. The molecule has 3 heterocycles. The van der Waals surface area contributed by atoms with Crippen LogP contribution in [0.15, 0.2) is 18.2 Å². The Morgan fingerprint density at radius 2 is 1.95 bits per heavy atom. The summed E-state index contributed by atoms with van der Waals surface area (Å²) in [5, 5.41) is 3.32. The van der Waals surface area contributed by atoms with Crippen molar-refractivity contribution in [1.29, 1.82) is 0 Å². The number of piperazine rings is 1. The van der Waals surface area contributed by atoms with Gasteiger partial charge in [0, 0.05) is 45.3 Å². The molecule has 4 rings (SSSR count). The van der Waals surface area contributed by atoms with Crippen LogP contribution in [-0.2, 0) is 0 Å². The van der Waals surface area contributed by atoms with E-state index in [1.807, 2.05) is 0 Å². The van der Waals surface area contributed by atoms with Gasteiger partial charge in [0.25, 0.3) is 0 Å². The van der Waals surface area contributed by atoms with Crippen molar-refractivity contribution in [2.45, 2.75) is 6.04 Å². The average molecular weight is 275 g/mol. The molecule has 5 nitrogen and oxygen atoms in total. The summed E-state index contributed by atoms with van der Waals surface area (Å²) >= 11 is 0. The molecule has 0 spiro atoms. The highest BCUT2D eigenvalue weighted by atomic mass is 19.1. The standard InChI is InChI=1S/C14H18FN5/c15-10-1-2-12-13(7-10)18-14(17-12)20-5-3-19(4-6-20)11-8-16-9-11/h1-2,7,11,16H,3-6,8-9H2,(H,17,18). The van der Waals surface area contributed by atoms with Crippen LogP contribution in [-0.4, -0.2) is 60.2 Å². The van der Waals surface area contributed by atoms with Gasteiger partial charge in [0.1, 0.15) is 5.82 Å². The van der Waals surface area contributed by atoms with Gasteiger partial charge in [0.05, 0.1) is 11.0 Å². The van der Waals surface area contributed by atoms with Gasteiger partial charge in [-0.15, -0.1) is 0 Å². The predicted molar refractivity (Wildman–Crippen MR) is 76.5 cm³/mol. The molecule has 0 radical (unpaired) electrons. The van der Waals surface area contributed by atoms with Gasteiger partial charge >= 0.3 is 0 Å². The third-order valence-electron chi connectivity index (χ3n) is 4.32. The minimum Gasteiger partial charge on any atom is -0.340 e. The van der Waals surface area contributed by atoms with Crippen molar-refractivity contribution in [2.24, 2.45) is 0 Å².